The van der Waals surface area contributed by atoms with E-state index in [0.717, 1.165) is 43.5 Å². The lowest BCUT2D eigenvalue weighted by Gasteiger charge is -2.36. The Balaban J connectivity index is 1.67. The molecule has 1 aliphatic heterocycles. The second kappa shape index (κ2) is 5.93. The Morgan fingerprint density at radius 3 is 2.62 bits per heavy atom. The van der Waals surface area contributed by atoms with Gasteiger partial charge in [-0.15, -0.1) is 0 Å². The lowest BCUT2D eigenvalue weighted by molar-refractivity contribution is 0.0601. The van der Waals surface area contributed by atoms with Crippen molar-refractivity contribution in [3.8, 4) is 0 Å². The average Bonchev–Trinajstić information content (AvgIpc) is 3.32. The minimum Gasteiger partial charge on any atom is -0.465 e. The van der Waals surface area contributed by atoms with Gasteiger partial charge in [0.25, 0.3) is 0 Å². The van der Waals surface area contributed by atoms with E-state index in [1.54, 1.807) is 12.1 Å². The molecule has 21 heavy (non-hydrogen) atoms. The number of nitrogens with zero attached hydrogens (tertiary/aromatic N) is 2. The molecule has 0 unspecified atom stereocenters. The van der Waals surface area contributed by atoms with Gasteiger partial charge in [-0.3, -0.25) is 4.90 Å². The topological polar surface area (TPSA) is 58.8 Å². The monoisotopic (exact) mass is 289 g/mol. The number of piperazine rings is 1. The van der Waals surface area contributed by atoms with E-state index in [9.17, 15) is 4.79 Å². The fraction of sp³-hybridized carbons (Fsp3) is 0.562. The third kappa shape index (κ3) is 3.29. The van der Waals surface area contributed by atoms with Gasteiger partial charge in [0.1, 0.15) is 0 Å². The van der Waals surface area contributed by atoms with Crippen LogP contribution in [0.1, 0.15) is 23.2 Å². The molecule has 1 aliphatic carbocycles. The van der Waals surface area contributed by atoms with E-state index in [-0.39, 0.29) is 5.97 Å². The van der Waals surface area contributed by atoms with Crippen molar-refractivity contribution < 1.29 is 9.53 Å². The van der Waals surface area contributed by atoms with Crippen LogP contribution < -0.4 is 10.6 Å². The summed E-state index contributed by atoms with van der Waals surface area (Å²) in [6.07, 6.45) is 2.79. The summed E-state index contributed by atoms with van der Waals surface area (Å²) in [6.45, 7) is 5.30. The molecule has 0 bridgehead atoms. The van der Waals surface area contributed by atoms with Gasteiger partial charge in [0.15, 0.2) is 0 Å². The Kier molecular flexibility index (Phi) is 4.01. The highest BCUT2D eigenvalue weighted by molar-refractivity contribution is 5.92. The second-order valence-corrected chi connectivity index (χ2v) is 6.00. The summed E-state index contributed by atoms with van der Waals surface area (Å²) in [5.74, 6) is 0.618. The van der Waals surface area contributed by atoms with Gasteiger partial charge in [0.05, 0.1) is 24.0 Å². The Bertz CT molecular complexity index is 520. The van der Waals surface area contributed by atoms with Crippen LogP contribution in [-0.4, -0.2) is 50.7 Å². The second-order valence-electron chi connectivity index (χ2n) is 6.00. The summed E-state index contributed by atoms with van der Waals surface area (Å²) in [6, 6.07) is 5.35. The van der Waals surface area contributed by atoms with Gasteiger partial charge in [-0.25, -0.2) is 4.79 Å². The van der Waals surface area contributed by atoms with Crippen molar-refractivity contribution in [2.24, 2.45) is 5.92 Å². The van der Waals surface area contributed by atoms with Crippen molar-refractivity contribution in [1.82, 2.24) is 4.90 Å². The van der Waals surface area contributed by atoms with E-state index in [4.69, 9.17) is 10.5 Å². The van der Waals surface area contributed by atoms with Crippen LogP contribution >= 0.6 is 0 Å². The molecule has 0 atom stereocenters. The van der Waals surface area contributed by atoms with Crippen molar-refractivity contribution in [2.75, 3.05) is 50.5 Å². The van der Waals surface area contributed by atoms with Gasteiger partial charge in [-0.05, 0) is 37.0 Å². The highest BCUT2D eigenvalue weighted by Gasteiger charge is 2.27. The zero-order valence-electron chi connectivity index (χ0n) is 12.5. The summed E-state index contributed by atoms with van der Waals surface area (Å²) >= 11 is 0. The molecule has 1 saturated heterocycles. The molecule has 0 aromatic heterocycles. The average molecular weight is 289 g/mol. The molecule has 1 aromatic carbocycles. The SMILES string of the molecule is COC(=O)c1ccc(N)c(N2CCN(CC3CC3)CC2)c1. The lowest BCUT2D eigenvalue weighted by Crippen LogP contribution is -2.47. The number of esters is 1. The minimum atomic E-state index is -0.316. The molecular weight excluding hydrogens is 266 g/mol. The van der Waals surface area contributed by atoms with Gasteiger partial charge >= 0.3 is 5.97 Å². The van der Waals surface area contributed by atoms with Gasteiger partial charge in [-0.1, -0.05) is 0 Å². The number of carbonyl (C=O) groups excluding carboxylic acids is 1. The number of carbonyl (C=O) groups is 1. The fourth-order valence-corrected chi connectivity index (χ4v) is 2.90. The standard InChI is InChI=1S/C16H23N3O2/c1-21-16(20)13-4-5-14(17)15(10-13)19-8-6-18(7-9-19)11-12-2-3-12/h4-5,10,12H,2-3,6-9,11,17H2,1H3. The molecular formula is C16H23N3O2. The first-order valence-electron chi connectivity index (χ1n) is 7.62. The quantitative estimate of drug-likeness (QED) is 0.674. The number of methoxy groups -OCH3 is 1. The number of hydrogen-bond donors (Lipinski definition) is 1. The maximum atomic E-state index is 11.7. The van der Waals surface area contributed by atoms with Gasteiger partial charge in [0, 0.05) is 32.7 Å². The number of nitrogens with two attached hydrogens (primary N) is 1. The smallest absolute Gasteiger partial charge is 0.337 e. The molecule has 1 aromatic rings. The van der Waals surface area contributed by atoms with Gasteiger partial charge < -0.3 is 15.4 Å². The lowest BCUT2D eigenvalue weighted by atomic mass is 10.1. The zero-order valence-corrected chi connectivity index (χ0v) is 12.5. The molecule has 5 heteroatoms. The highest BCUT2D eigenvalue weighted by Crippen LogP contribution is 2.31. The molecule has 2 N–H and O–H groups in total. The maximum Gasteiger partial charge on any atom is 0.337 e. The molecule has 3 rings (SSSR count). The molecule has 1 saturated carbocycles. The molecule has 0 amide bonds. The van der Waals surface area contributed by atoms with Crippen LogP contribution in [-0.2, 0) is 4.74 Å². The summed E-state index contributed by atoms with van der Waals surface area (Å²) in [4.78, 5) is 16.5. The van der Waals surface area contributed by atoms with Crippen LogP contribution in [0.2, 0.25) is 0 Å². The van der Waals surface area contributed by atoms with E-state index in [1.165, 1.54) is 26.5 Å². The Morgan fingerprint density at radius 1 is 1.29 bits per heavy atom. The van der Waals surface area contributed by atoms with E-state index < -0.39 is 0 Å². The molecule has 0 spiro atoms. The predicted octanol–water partition coefficient (Wildman–Crippen LogP) is 1.59. The third-order valence-corrected chi connectivity index (χ3v) is 4.38. The zero-order chi connectivity index (χ0) is 14.8. The van der Waals surface area contributed by atoms with E-state index in [2.05, 4.69) is 9.80 Å². The molecule has 114 valence electrons. The summed E-state index contributed by atoms with van der Waals surface area (Å²) in [5.41, 5.74) is 8.31. The summed E-state index contributed by atoms with van der Waals surface area (Å²) in [5, 5.41) is 0. The van der Waals surface area contributed by atoms with E-state index >= 15 is 0 Å². The third-order valence-electron chi connectivity index (χ3n) is 4.38. The molecule has 2 fully saturated rings. The molecule has 5 nitrogen and oxygen atoms in total. The van der Waals surface area contributed by atoms with Crippen LogP contribution in [0.3, 0.4) is 0 Å². The van der Waals surface area contributed by atoms with Crippen LogP contribution in [0.15, 0.2) is 18.2 Å². The molecule has 2 aliphatic rings. The summed E-state index contributed by atoms with van der Waals surface area (Å²) < 4.78 is 4.78. The van der Waals surface area contributed by atoms with Crippen molar-refractivity contribution in [2.45, 2.75) is 12.8 Å². The number of rotatable bonds is 4. The Morgan fingerprint density at radius 2 is 2.00 bits per heavy atom. The minimum absolute atomic E-state index is 0.316. The van der Waals surface area contributed by atoms with E-state index in [1.807, 2.05) is 6.07 Å². The highest BCUT2D eigenvalue weighted by atomic mass is 16.5. The van der Waals surface area contributed by atoms with Crippen LogP contribution in [0.4, 0.5) is 11.4 Å². The number of benzene rings is 1. The van der Waals surface area contributed by atoms with Gasteiger partial charge in [0.2, 0.25) is 0 Å². The Labute approximate surface area is 125 Å². The first-order valence-corrected chi connectivity index (χ1v) is 7.62. The number of anilines is 2. The van der Waals surface area contributed by atoms with Crippen molar-refractivity contribution in [3.05, 3.63) is 23.8 Å². The van der Waals surface area contributed by atoms with Crippen molar-refractivity contribution in [1.29, 1.82) is 0 Å². The number of ether oxygens (including phenoxy) is 1. The van der Waals surface area contributed by atoms with Crippen LogP contribution in [0, 0.1) is 5.92 Å². The largest absolute Gasteiger partial charge is 0.465 e. The predicted molar refractivity (Wildman–Crippen MR) is 83.6 cm³/mol. The first-order chi connectivity index (χ1) is 10.2. The first kappa shape index (κ1) is 14.2. The van der Waals surface area contributed by atoms with Crippen molar-refractivity contribution in [3.63, 3.8) is 0 Å². The fourth-order valence-electron chi connectivity index (χ4n) is 2.90. The number of nitrogen functional groups attached to an aromatic ring is 1. The van der Waals surface area contributed by atoms with Crippen LogP contribution in [0.25, 0.3) is 0 Å². The molecule has 0 radical (unpaired) electrons. The normalized spacial score (nSPS) is 19.6. The Hall–Kier alpha value is -1.75. The summed E-state index contributed by atoms with van der Waals surface area (Å²) in [7, 11) is 1.40. The maximum absolute atomic E-state index is 11.7. The van der Waals surface area contributed by atoms with Crippen molar-refractivity contribution >= 4 is 17.3 Å². The van der Waals surface area contributed by atoms with E-state index in [0.29, 0.717) is 5.56 Å². The molecule has 1 heterocycles. The number of hydrogen-bond acceptors (Lipinski definition) is 5. The van der Waals surface area contributed by atoms with Gasteiger partial charge in [-0.2, -0.15) is 0 Å². The van der Waals surface area contributed by atoms with Crippen LogP contribution in [0.5, 0.6) is 0 Å².